The van der Waals surface area contributed by atoms with Gasteiger partial charge < -0.3 is 10.2 Å². The summed E-state index contributed by atoms with van der Waals surface area (Å²) in [6, 6.07) is -0.398. The van der Waals surface area contributed by atoms with Gasteiger partial charge in [-0.1, -0.05) is 24.3 Å². The highest BCUT2D eigenvalue weighted by Gasteiger charge is 2.30. The van der Waals surface area contributed by atoms with E-state index in [1.807, 2.05) is 5.87 Å². The fourth-order valence-electron chi connectivity index (χ4n) is 4.69. The summed E-state index contributed by atoms with van der Waals surface area (Å²) in [4.78, 5) is 28.7. The third-order valence-electron chi connectivity index (χ3n) is 6.46. The van der Waals surface area contributed by atoms with Gasteiger partial charge in [0.15, 0.2) is 11.6 Å². The summed E-state index contributed by atoms with van der Waals surface area (Å²) in [5.74, 6) is 0.686. The Balaban J connectivity index is 1.89. The van der Waals surface area contributed by atoms with E-state index < -0.39 is 20.0 Å². The lowest BCUT2D eigenvalue weighted by Crippen LogP contribution is -2.38. The smallest absolute Gasteiger partial charge is 0.229 e. The molecule has 2 N–H and O–H groups in total. The van der Waals surface area contributed by atoms with E-state index in [1.54, 1.807) is 0 Å². The average Bonchev–Trinajstić information content (AvgIpc) is 2.82. The highest BCUT2D eigenvalue weighted by atomic mass is 32.2. The second-order valence-corrected chi connectivity index (χ2v) is 13.1. The van der Waals surface area contributed by atoms with Gasteiger partial charge in [0, 0.05) is 29.5 Å². The summed E-state index contributed by atoms with van der Waals surface area (Å²) in [6.07, 6.45) is 13.6. The first-order valence-corrected chi connectivity index (χ1v) is 15.8. The zero-order valence-electron chi connectivity index (χ0n) is 21.0. The van der Waals surface area contributed by atoms with Crippen LogP contribution in [0, 0.1) is 18.4 Å². The van der Waals surface area contributed by atoms with Gasteiger partial charge in [0.2, 0.25) is 25.7 Å². The molecule has 0 spiro atoms. The van der Waals surface area contributed by atoms with E-state index in [2.05, 4.69) is 14.3 Å². The lowest BCUT2D eigenvalue weighted by molar-refractivity contribution is -0.120. The van der Waals surface area contributed by atoms with Crippen molar-refractivity contribution in [2.45, 2.75) is 63.5 Å². The normalized spacial score (nSPS) is 25.5. The third-order valence-corrected chi connectivity index (χ3v) is 7.98. The average molecular weight is 550 g/mol. The monoisotopic (exact) mass is 549 g/mol. The van der Waals surface area contributed by atoms with Crippen LogP contribution in [0.4, 0.5) is 0 Å². The molecule has 12 heteroatoms. The second-order valence-electron chi connectivity index (χ2n) is 9.54. The number of hydrogen-bond acceptors (Lipinski definition) is 6. The Morgan fingerprint density at radius 2 is 1.27 bits per heavy atom. The summed E-state index contributed by atoms with van der Waals surface area (Å²) in [5.41, 5.74) is -0.0294. The quantitative estimate of drug-likeness (QED) is 0.175. The van der Waals surface area contributed by atoms with Crippen LogP contribution in [0.3, 0.4) is 0 Å². The van der Waals surface area contributed by atoms with Gasteiger partial charge >= 0.3 is 0 Å². The molecule has 2 aliphatic carbocycles. The molecule has 10 nitrogen and oxygen atoms in total. The Morgan fingerprint density at radius 1 is 0.811 bits per heavy atom. The Kier molecular flexibility index (Phi) is 11.3. The topological polar surface area (TPSA) is 153 Å². The first-order chi connectivity index (χ1) is 17.3. The van der Waals surface area contributed by atoms with Gasteiger partial charge in [0.1, 0.15) is 0 Å². The van der Waals surface area contributed by atoms with E-state index >= 15 is 0 Å². The molecule has 0 aromatic rings. The first kappa shape index (κ1) is 30.5. The molecule has 0 bridgehead atoms. The second kappa shape index (κ2) is 13.7. The van der Waals surface area contributed by atoms with Crippen molar-refractivity contribution in [3.05, 3.63) is 58.5 Å². The SMILES string of the molecule is [C-]#[N+]C(=CC=CC=CC(=C=[N-])C(=O)C1CCC(NS(C)(=O)=O)CC1)C(=O)C1CCC(NS(C)(=O)=O)CC1. The van der Waals surface area contributed by atoms with Crippen molar-refractivity contribution in [1.82, 2.24) is 9.44 Å². The van der Waals surface area contributed by atoms with Gasteiger partial charge in [-0.3, -0.25) is 10.7 Å². The lowest BCUT2D eigenvalue weighted by atomic mass is 9.82. The number of hydrogen-bond donors (Lipinski definition) is 2. The highest BCUT2D eigenvalue weighted by Crippen LogP contribution is 2.28. The standard InChI is InChI=1S/C25H33N4O6S2/c1-27-23(25(31)19-11-15-22(16-12-19)29-37(3,34)35)8-6-4-5-7-20(17-26)24(30)18-9-13-21(14-10-18)28-36(2,32)33/h4-8,18-19,21-22,28-29H,9-16H2,2-3H3/q-1. The number of allylic oxidation sites excluding steroid dienone is 7. The number of Topliss-reactive ketones (excluding diaryl/α,β-unsaturated/α-hetero) is 2. The molecule has 2 saturated carbocycles. The van der Waals surface area contributed by atoms with Crippen molar-refractivity contribution in [2.24, 2.45) is 11.8 Å². The van der Waals surface area contributed by atoms with E-state index in [-0.39, 0.29) is 46.8 Å². The van der Waals surface area contributed by atoms with Crippen LogP contribution < -0.4 is 9.44 Å². The summed E-state index contributed by atoms with van der Waals surface area (Å²) >= 11 is 0. The molecule has 0 saturated heterocycles. The largest absolute Gasteiger partial charge is 0.763 e. The predicted octanol–water partition coefficient (Wildman–Crippen LogP) is 2.42. The van der Waals surface area contributed by atoms with E-state index in [9.17, 15) is 31.8 Å². The molecule has 0 radical (unpaired) electrons. The molecular formula is C25H33N4O6S2-. The van der Waals surface area contributed by atoms with Crippen molar-refractivity contribution < 1.29 is 26.4 Å². The van der Waals surface area contributed by atoms with Crippen molar-refractivity contribution in [3.63, 3.8) is 0 Å². The first-order valence-electron chi connectivity index (χ1n) is 12.1. The maximum absolute atomic E-state index is 12.7. The van der Waals surface area contributed by atoms with Crippen LogP contribution >= 0.6 is 0 Å². The molecule has 0 heterocycles. The van der Waals surface area contributed by atoms with E-state index in [1.165, 1.54) is 30.4 Å². The number of nitrogens with one attached hydrogen (secondary N) is 2. The van der Waals surface area contributed by atoms with E-state index in [0.717, 1.165) is 12.5 Å². The van der Waals surface area contributed by atoms with Crippen LogP contribution in [-0.2, 0) is 29.6 Å². The summed E-state index contributed by atoms with van der Waals surface area (Å²) < 4.78 is 50.6. The molecule has 0 aromatic heterocycles. The van der Waals surface area contributed by atoms with Gasteiger partial charge in [-0.15, -0.1) is 0 Å². The molecule has 0 aromatic carbocycles. The van der Waals surface area contributed by atoms with Crippen molar-refractivity contribution in [1.29, 1.82) is 0 Å². The van der Waals surface area contributed by atoms with Gasteiger partial charge in [0.25, 0.3) is 0 Å². The summed E-state index contributed by atoms with van der Waals surface area (Å²) in [5, 5.41) is 9.40. The van der Waals surface area contributed by atoms with Crippen molar-refractivity contribution >= 4 is 37.5 Å². The molecule has 2 rings (SSSR count). The van der Waals surface area contributed by atoms with Gasteiger partial charge in [-0.05, 0) is 57.4 Å². The van der Waals surface area contributed by atoms with E-state index in [4.69, 9.17) is 6.57 Å². The minimum atomic E-state index is -3.31. The van der Waals surface area contributed by atoms with Crippen molar-refractivity contribution in [2.75, 3.05) is 12.5 Å². The van der Waals surface area contributed by atoms with Gasteiger partial charge in [-0.25, -0.2) is 31.1 Å². The number of ketones is 2. The molecule has 2 aliphatic rings. The highest BCUT2D eigenvalue weighted by molar-refractivity contribution is 7.89. The number of carbonyl (C=O) groups excluding carboxylic acids is 2. The third kappa shape index (κ3) is 10.7. The Morgan fingerprint density at radius 3 is 1.68 bits per heavy atom. The molecule has 0 unspecified atom stereocenters. The molecule has 202 valence electrons. The summed E-state index contributed by atoms with van der Waals surface area (Å²) in [6.45, 7) is 7.34. The van der Waals surface area contributed by atoms with Crippen LogP contribution in [0.15, 0.2) is 41.7 Å². The number of rotatable bonds is 11. The van der Waals surface area contributed by atoms with Gasteiger partial charge in [-0.2, -0.15) is 0 Å². The maximum atomic E-state index is 12.7. The number of carbonyl (C=O) groups is 2. The molecule has 2 fully saturated rings. The Bertz CT molecular complexity index is 1250. The summed E-state index contributed by atoms with van der Waals surface area (Å²) in [7, 11) is -6.61. The lowest BCUT2D eigenvalue weighted by Gasteiger charge is -2.27. The number of nitrogens with zero attached hydrogens (tertiary/aromatic N) is 2. The Hall–Kier alpha value is -2.68. The zero-order valence-corrected chi connectivity index (χ0v) is 22.6. The molecule has 0 amide bonds. The molecular weight excluding hydrogens is 516 g/mol. The molecule has 0 atom stereocenters. The van der Waals surface area contributed by atoms with Crippen LogP contribution in [0.1, 0.15) is 51.4 Å². The van der Waals surface area contributed by atoms with Gasteiger partial charge in [0.05, 0.1) is 19.1 Å². The maximum Gasteiger partial charge on any atom is 0.229 e. The minimum Gasteiger partial charge on any atom is -0.763 e. The zero-order chi connectivity index (χ0) is 27.6. The van der Waals surface area contributed by atoms with Crippen LogP contribution in [0.2, 0.25) is 0 Å². The molecule has 0 aliphatic heterocycles. The van der Waals surface area contributed by atoms with Crippen LogP contribution in [0.5, 0.6) is 0 Å². The fourth-order valence-corrected chi connectivity index (χ4v) is 6.38. The van der Waals surface area contributed by atoms with Crippen molar-refractivity contribution in [3.8, 4) is 0 Å². The number of sulfonamides is 2. The molecule has 37 heavy (non-hydrogen) atoms. The minimum absolute atomic E-state index is 0.00547. The van der Waals surface area contributed by atoms with Crippen LogP contribution in [-0.4, -0.2) is 58.9 Å². The Labute approximate surface area is 219 Å². The van der Waals surface area contributed by atoms with Crippen LogP contribution in [0.25, 0.3) is 10.3 Å². The van der Waals surface area contributed by atoms with E-state index in [0.29, 0.717) is 51.4 Å². The fraction of sp³-hybridized carbons (Fsp3) is 0.560. The predicted molar refractivity (Wildman–Crippen MR) is 142 cm³/mol.